The number of hydrogen-bond donors (Lipinski definition) is 1. The van der Waals surface area contributed by atoms with Crippen LogP contribution in [0.25, 0.3) is 0 Å². The van der Waals surface area contributed by atoms with Crippen molar-refractivity contribution >= 4 is 11.8 Å². The van der Waals surface area contributed by atoms with Gasteiger partial charge in [-0.2, -0.15) is 0 Å². The molecule has 4 heteroatoms. The second kappa shape index (κ2) is 6.02. The number of thioether (sulfide) groups is 1. The Morgan fingerprint density at radius 3 is 3.15 bits per heavy atom. The summed E-state index contributed by atoms with van der Waals surface area (Å²) in [6.45, 7) is 2.14. The van der Waals surface area contributed by atoms with Crippen LogP contribution < -0.4 is 5.32 Å². The van der Waals surface area contributed by atoms with Crippen LogP contribution in [0.1, 0.15) is 30.7 Å². The van der Waals surface area contributed by atoms with E-state index >= 15 is 0 Å². The van der Waals surface area contributed by atoms with Gasteiger partial charge in [0.25, 0.3) is 0 Å². The SMILES string of the molecule is CC(Cc1ccco1)NC1CCSc2ccc(F)cc21. The number of nitrogens with one attached hydrogen (secondary N) is 1. The Morgan fingerprint density at radius 1 is 1.45 bits per heavy atom. The molecule has 2 aromatic rings. The molecule has 0 saturated heterocycles. The average Bonchev–Trinajstić information content (AvgIpc) is 2.92. The molecule has 0 spiro atoms. The molecule has 0 aliphatic carbocycles. The van der Waals surface area contributed by atoms with Crippen molar-refractivity contribution in [2.75, 3.05) is 5.75 Å². The lowest BCUT2D eigenvalue weighted by Gasteiger charge is -2.28. The summed E-state index contributed by atoms with van der Waals surface area (Å²) >= 11 is 1.81. The lowest BCUT2D eigenvalue weighted by molar-refractivity contribution is 0.406. The number of hydrogen-bond acceptors (Lipinski definition) is 3. The highest BCUT2D eigenvalue weighted by Crippen LogP contribution is 2.36. The second-order valence-electron chi connectivity index (χ2n) is 5.22. The fraction of sp³-hybridized carbons (Fsp3) is 0.375. The van der Waals surface area contributed by atoms with Crippen LogP contribution in [0.4, 0.5) is 4.39 Å². The molecule has 1 aromatic heterocycles. The van der Waals surface area contributed by atoms with Gasteiger partial charge in [0.1, 0.15) is 11.6 Å². The summed E-state index contributed by atoms with van der Waals surface area (Å²) < 4.78 is 18.8. The Balaban J connectivity index is 1.71. The van der Waals surface area contributed by atoms with Gasteiger partial charge in [0, 0.05) is 23.4 Å². The van der Waals surface area contributed by atoms with Crippen LogP contribution in [0.3, 0.4) is 0 Å². The normalized spacial score (nSPS) is 19.6. The highest BCUT2D eigenvalue weighted by Gasteiger charge is 2.22. The summed E-state index contributed by atoms with van der Waals surface area (Å²) in [6.07, 6.45) is 3.58. The molecule has 2 unspecified atom stereocenters. The van der Waals surface area contributed by atoms with Gasteiger partial charge in [-0.3, -0.25) is 0 Å². The van der Waals surface area contributed by atoms with Gasteiger partial charge in [0.05, 0.1) is 6.26 Å². The standard InChI is InChI=1S/C16H18FNOS/c1-11(9-13-3-2-7-19-13)18-15-6-8-20-16-5-4-12(17)10-14(15)16/h2-5,7,10-11,15,18H,6,8-9H2,1H3. The first-order chi connectivity index (χ1) is 9.72. The fourth-order valence-electron chi connectivity index (χ4n) is 2.67. The molecular formula is C16H18FNOS. The predicted octanol–water partition coefficient (Wildman–Crippen LogP) is 4.18. The minimum Gasteiger partial charge on any atom is -0.469 e. The first-order valence-electron chi connectivity index (χ1n) is 6.93. The Hall–Kier alpha value is -1.26. The van der Waals surface area contributed by atoms with Crippen molar-refractivity contribution in [2.24, 2.45) is 0 Å². The highest BCUT2D eigenvalue weighted by atomic mass is 32.2. The van der Waals surface area contributed by atoms with Crippen LogP contribution >= 0.6 is 11.8 Å². The molecule has 106 valence electrons. The molecule has 2 nitrogen and oxygen atoms in total. The van der Waals surface area contributed by atoms with E-state index in [0.29, 0.717) is 6.04 Å². The molecule has 20 heavy (non-hydrogen) atoms. The predicted molar refractivity (Wildman–Crippen MR) is 79.5 cm³/mol. The quantitative estimate of drug-likeness (QED) is 0.915. The third-order valence-electron chi connectivity index (χ3n) is 3.58. The summed E-state index contributed by atoms with van der Waals surface area (Å²) in [7, 11) is 0. The van der Waals surface area contributed by atoms with Gasteiger partial charge in [0.2, 0.25) is 0 Å². The van der Waals surface area contributed by atoms with Crippen LogP contribution in [0, 0.1) is 5.82 Å². The summed E-state index contributed by atoms with van der Waals surface area (Å²) in [5, 5.41) is 3.60. The molecule has 0 radical (unpaired) electrons. The second-order valence-corrected chi connectivity index (χ2v) is 6.36. The van der Waals surface area contributed by atoms with E-state index in [1.807, 2.05) is 30.0 Å². The summed E-state index contributed by atoms with van der Waals surface area (Å²) in [5.74, 6) is 1.90. The molecule has 3 rings (SSSR count). The number of benzene rings is 1. The Labute approximate surface area is 122 Å². The highest BCUT2D eigenvalue weighted by molar-refractivity contribution is 7.99. The summed E-state index contributed by atoms with van der Waals surface area (Å²) in [6, 6.07) is 9.52. The Morgan fingerprint density at radius 2 is 2.35 bits per heavy atom. The minimum absolute atomic E-state index is 0.156. The molecule has 0 fully saturated rings. The maximum atomic E-state index is 13.5. The van der Waals surface area contributed by atoms with Gasteiger partial charge < -0.3 is 9.73 Å². The van der Waals surface area contributed by atoms with Crippen LogP contribution in [0.2, 0.25) is 0 Å². The van der Waals surface area contributed by atoms with Crippen molar-refractivity contribution in [3.8, 4) is 0 Å². The Kier molecular flexibility index (Phi) is 4.13. The van der Waals surface area contributed by atoms with Crippen LogP contribution in [0.15, 0.2) is 45.9 Å². The third kappa shape index (κ3) is 3.07. The molecule has 0 amide bonds. The zero-order valence-corrected chi connectivity index (χ0v) is 12.3. The van der Waals surface area contributed by atoms with Crippen molar-refractivity contribution < 1.29 is 8.81 Å². The monoisotopic (exact) mass is 291 g/mol. The number of fused-ring (bicyclic) bond motifs is 1. The van der Waals surface area contributed by atoms with Crippen LogP contribution in [-0.2, 0) is 6.42 Å². The third-order valence-corrected chi connectivity index (χ3v) is 4.71. The van der Waals surface area contributed by atoms with Crippen molar-refractivity contribution in [1.82, 2.24) is 5.32 Å². The van der Waals surface area contributed by atoms with Gasteiger partial charge >= 0.3 is 0 Å². The van der Waals surface area contributed by atoms with E-state index < -0.39 is 0 Å². The zero-order valence-electron chi connectivity index (χ0n) is 11.4. The molecular weight excluding hydrogens is 273 g/mol. The molecule has 1 aliphatic rings. The van der Waals surface area contributed by atoms with Gasteiger partial charge in [-0.15, -0.1) is 11.8 Å². The molecule has 2 atom stereocenters. The first kappa shape index (κ1) is 13.7. The fourth-order valence-corrected chi connectivity index (χ4v) is 3.78. The number of rotatable bonds is 4. The number of furan rings is 1. The van der Waals surface area contributed by atoms with E-state index in [-0.39, 0.29) is 11.9 Å². The topological polar surface area (TPSA) is 25.2 Å². The zero-order chi connectivity index (χ0) is 13.9. The molecule has 2 heterocycles. The van der Waals surface area contributed by atoms with Crippen molar-refractivity contribution in [1.29, 1.82) is 0 Å². The van der Waals surface area contributed by atoms with Gasteiger partial charge in [-0.1, -0.05) is 0 Å². The van der Waals surface area contributed by atoms with E-state index in [1.54, 1.807) is 18.4 Å². The first-order valence-corrected chi connectivity index (χ1v) is 7.91. The molecule has 1 aliphatic heterocycles. The summed E-state index contributed by atoms with van der Waals surface area (Å²) in [4.78, 5) is 1.19. The molecule has 0 saturated carbocycles. The number of halogens is 1. The Bertz CT molecular complexity index is 570. The smallest absolute Gasteiger partial charge is 0.123 e. The minimum atomic E-state index is -0.156. The maximum Gasteiger partial charge on any atom is 0.123 e. The molecule has 1 N–H and O–H groups in total. The van der Waals surface area contributed by atoms with Gasteiger partial charge in [-0.25, -0.2) is 4.39 Å². The molecule has 0 bridgehead atoms. The van der Waals surface area contributed by atoms with Gasteiger partial charge in [0.15, 0.2) is 0 Å². The van der Waals surface area contributed by atoms with Crippen molar-refractivity contribution in [2.45, 2.75) is 36.7 Å². The van der Waals surface area contributed by atoms with Crippen LogP contribution in [-0.4, -0.2) is 11.8 Å². The van der Waals surface area contributed by atoms with E-state index in [2.05, 4.69) is 12.2 Å². The lowest BCUT2D eigenvalue weighted by atomic mass is 10.0. The van der Waals surface area contributed by atoms with Crippen molar-refractivity contribution in [3.63, 3.8) is 0 Å². The average molecular weight is 291 g/mol. The largest absolute Gasteiger partial charge is 0.469 e. The van der Waals surface area contributed by atoms with E-state index in [4.69, 9.17) is 4.42 Å². The maximum absolute atomic E-state index is 13.5. The van der Waals surface area contributed by atoms with Crippen molar-refractivity contribution in [3.05, 3.63) is 53.7 Å². The van der Waals surface area contributed by atoms with E-state index in [0.717, 1.165) is 29.9 Å². The van der Waals surface area contributed by atoms with Crippen LogP contribution in [0.5, 0.6) is 0 Å². The summed E-state index contributed by atoms with van der Waals surface area (Å²) in [5.41, 5.74) is 1.09. The van der Waals surface area contributed by atoms with Gasteiger partial charge in [-0.05, 0) is 55.0 Å². The molecule has 1 aromatic carbocycles. The van der Waals surface area contributed by atoms with E-state index in [1.165, 1.54) is 4.90 Å². The van der Waals surface area contributed by atoms with E-state index in [9.17, 15) is 4.39 Å². The lowest BCUT2D eigenvalue weighted by Crippen LogP contribution is -2.33.